The number of hydrogen-bond acceptors (Lipinski definition) is 5. The molecule has 0 aromatic carbocycles. The summed E-state index contributed by atoms with van der Waals surface area (Å²) in [5.74, 6) is -1.83. The van der Waals surface area contributed by atoms with E-state index in [0.29, 0.717) is 19.4 Å². The minimum absolute atomic E-state index is 0.218. The quantitative estimate of drug-likeness (QED) is 0.590. The van der Waals surface area contributed by atoms with Crippen LogP contribution in [0.15, 0.2) is 0 Å². The fourth-order valence-corrected chi connectivity index (χ4v) is 2.10. The maximum Gasteiger partial charge on any atom is 0.328 e. The molecule has 0 aromatic rings. The molecule has 0 radical (unpaired) electrons. The van der Waals surface area contributed by atoms with E-state index in [9.17, 15) is 19.5 Å². The third-order valence-electron chi connectivity index (χ3n) is 3.10. The second kappa shape index (κ2) is 7.09. The largest absolute Gasteiger partial charge is 0.480 e. The number of likely N-dealkylation sites (tertiary alicyclic amines) is 1. The van der Waals surface area contributed by atoms with E-state index in [2.05, 4.69) is 5.32 Å². The van der Waals surface area contributed by atoms with E-state index < -0.39 is 36.2 Å². The Morgan fingerprint density at radius 1 is 1.45 bits per heavy atom. The second-order valence-corrected chi connectivity index (χ2v) is 4.61. The number of urea groups is 1. The first kappa shape index (κ1) is 16.2. The lowest BCUT2D eigenvalue weighted by molar-refractivity contribution is -0.147. The molecule has 114 valence electrons. The van der Waals surface area contributed by atoms with Crippen molar-refractivity contribution < 1.29 is 29.3 Å². The van der Waals surface area contributed by atoms with Gasteiger partial charge in [0.25, 0.3) is 0 Å². The number of ether oxygens (including phenoxy) is 1. The number of esters is 1. The summed E-state index contributed by atoms with van der Waals surface area (Å²) in [6, 6.07) is -2.79. The molecule has 20 heavy (non-hydrogen) atoms. The molecule has 0 bridgehead atoms. The smallest absolute Gasteiger partial charge is 0.328 e. The number of carbonyl (C=O) groups excluding carboxylic acids is 2. The lowest BCUT2D eigenvalue weighted by atomic mass is 10.2. The summed E-state index contributed by atoms with van der Waals surface area (Å²) in [6.07, 6.45) is -0.109. The first-order chi connectivity index (χ1) is 9.38. The number of aliphatic hydroxyl groups excluding tert-OH is 1. The highest BCUT2D eigenvalue weighted by atomic mass is 16.5. The molecule has 8 nitrogen and oxygen atoms in total. The fraction of sp³-hybridized carbons (Fsp3) is 0.750. The first-order valence-electron chi connectivity index (χ1n) is 6.53. The molecule has 1 fully saturated rings. The standard InChI is InChI=1S/C12H20N2O6/c1-3-20-11(18)8-5-4-6-14(8)12(19)13-9(7(2)15)10(16)17/h7-9,15H,3-6H2,1-2H3,(H,13,19)(H,16,17)/t7-,8?,9+/m1/s1. The average Bonchev–Trinajstić information content (AvgIpc) is 2.84. The van der Waals surface area contributed by atoms with E-state index in [4.69, 9.17) is 9.84 Å². The first-order valence-corrected chi connectivity index (χ1v) is 6.53. The number of nitrogens with zero attached hydrogens (tertiary/aromatic N) is 1. The second-order valence-electron chi connectivity index (χ2n) is 4.61. The Morgan fingerprint density at radius 3 is 2.60 bits per heavy atom. The topological polar surface area (TPSA) is 116 Å². The van der Waals surface area contributed by atoms with E-state index in [1.54, 1.807) is 6.92 Å². The van der Waals surface area contributed by atoms with Gasteiger partial charge in [-0.1, -0.05) is 0 Å². The third-order valence-corrected chi connectivity index (χ3v) is 3.10. The van der Waals surface area contributed by atoms with Crippen LogP contribution in [0, 0.1) is 0 Å². The number of aliphatic hydroxyl groups is 1. The maximum atomic E-state index is 12.0. The van der Waals surface area contributed by atoms with Crippen LogP contribution < -0.4 is 5.32 Å². The Kier molecular flexibility index (Phi) is 5.75. The Bertz CT molecular complexity index is 384. The molecule has 1 saturated heterocycles. The number of amides is 2. The molecule has 3 N–H and O–H groups in total. The monoisotopic (exact) mass is 288 g/mol. The number of carbonyl (C=O) groups is 3. The van der Waals surface area contributed by atoms with Crippen molar-refractivity contribution in [2.45, 2.75) is 44.9 Å². The highest BCUT2D eigenvalue weighted by Gasteiger charge is 2.37. The molecule has 1 unspecified atom stereocenters. The predicted octanol–water partition coefficient (Wildman–Crippen LogP) is -0.442. The predicted molar refractivity (Wildman–Crippen MR) is 68.0 cm³/mol. The molecule has 1 heterocycles. The van der Waals surface area contributed by atoms with Crippen molar-refractivity contribution in [1.82, 2.24) is 10.2 Å². The van der Waals surface area contributed by atoms with Gasteiger partial charge in [-0.05, 0) is 26.7 Å². The van der Waals surface area contributed by atoms with E-state index in [1.165, 1.54) is 11.8 Å². The molecule has 1 rings (SSSR count). The van der Waals surface area contributed by atoms with Crippen molar-refractivity contribution >= 4 is 18.0 Å². The fourth-order valence-electron chi connectivity index (χ4n) is 2.10. The molecule has 2 amide bonds. The third kappa shape index (κ3) is 3.83. The Hall–Kier alpha value is -1.83. The van der Waals surface area contributed by atoms with Crippen LogP contribution in [0.4, 0.5) is 4.79 Å². The van der Waals surface area contributed by atoms with Gasteiger partial charge < -0.3 is 25.2 Å². The molecule has 3 atom stereocenters. The molecule has 8 heteroatoms. The minimum atomic E-state index is -1.41. The molecule has 0 spiro atoms. The number of nitrogens with one attached hydrogen (secondary N) is 1. The van der Waals surface area contributed by atoms with Crippen LogP contribution in [-0.4, -0.2) is 64.4 Å². The van der Waals surface area contributed by atoms with Gasteiger partial charge in [0, 0.05) is 6.54 Å². The van der Waals surface area contributed by atoms with Crippen LogP contribution in [0.2, 0.25) is 0 Å². The van der Waals surface area contributed by atoms with Gasteiger partial charge in [-0.2, -0.15) is 0 Å². The van der Waals surface area contributed by atoms with Gasteiger partial charge in [0.05, 0.1) is 12.7 Å². The van der Waals surface area contributed by atoms with Gasteiger partial charge >= 0.3 is 18.0 Å². The summed E-state index contributed by atoms with van der Waals surface area (Å²) in [4.78, 5) is 35.9. The van der Waals surface area contributed by atoms with Crippen molar-refractivity contribution in [2.24, 2.45) is 0 Å². The van der Waals surface area contributed by atoms with Gasteiger partial charge in [-0.3, -0.25) is 0 Å². The summed E-state index contributed by atoms with van der Waals surface area (Å²) >= 11 is 0. The van der Waals surface area contributed by atoms with E-state index in [0.717, 1.165) is 0 Å². The Labute approximate surface area is 116 Å². The summed E-state index contributed by atoms with van der Waals surface area (Å²) < 4.78 is 4.88. The van der Waals surface area contributed by atoms with Crippen LogP contribution in [0.25, 0.3) is 0 Å². The van der Waals surface area contributed by atoms with Crippen LogP contribution in [0.3, 0.4) is 0 Å². The number of rotatable bonds is 5. The highest BCUT2D eigenvalue weighted by Crippen LogP contribution is 2.18. The highest BCUT2D eigenvalue weighted by molar-refractivity contribution is 5.87. The van der Waals surface area contributed by atoms with Gasteiger partial charge in [0.2, 0.25) is 0 Å². The minimum Gasteiger partial charge on any atom is -0.480 e. The van der Waals surface area contributed by atoms with E-state index in [-0.39, 0.29) is 6.61 Å². The lowest BCUT2D eigenvalue weighted by Gasteiger charge is -2.26. The Balaban J connectivity index is 2.70. The van der Waals surface area contributed by atoms with E-state index >= 15 is 0 Å². The zero-order valence-corrected chi connectivity index (χ0v) is 11.5. The van der Waals surface area contributed by atoms with Crippen molar-refractivity contribution in [3.8, 4) is 0 Å². The lowest BCUT2D eigenvalue weighted by Crippen LogP contribution is -2.54. The summed E-state index contributed by atoms with van der Waals surface area (Å²) in [7, 11) is 0. The van der Waals surface area contributed by atoms with Gasteiger partial charge in [0.15, 0.2) is 6.04 Å². The molecule has 0 aliphatic carbocycles. The molecular weight excluding hydrogens is 268 g/mol. The maximum absolute atomic E-state index is 12.0. The molecule has 1 aliphatic rings. The number of aliphatic carboxylic acids is 1. The van der Waals surface area contributed by atoms with Crippen LogP contribution in [0.1, 0.15) is 26.7 Å². The van der Waals surface area contributed by atoms with Gasteiger partial charge in [-0.15, -0.1) is 0 Å². The van der Waals surface area contributed by atoms with Crippen LogP contribution in [-0.2, 0) is 14.3 Å². The molecule has 0 aromatic heterocycles. The zero-order chi connectivity index (χ0) is 15.3. The normalized spacial score (nSPS) is 21.1. The number of carboxylic acids is 1. The van der Waals surface area contributed by atoms with E-state index in [1.807, 2.05) is 0 Å². The molecule has 0 saturated carbocycles. The summed E-state index contributed by atoms with van der Waals surface area (Å²) in [6.45, 7) is 3.51. The Morgan fingerprint density at radius 2 is 2.10 bits per heavy atom. The van der Waals surface area contributed by atoms with Crippen molar-refractivity contribution in [3.05, 3.63) is 0 Å². The SMILES string of the molecule is CCOC(=O)C1CCCN1C(=O)N[C@H](C(=O)O)[C@@H](C)O. The van der Waals surface area contributed by atoms with Crippen LogP contribution in [0.5, 0.6) is 0 Å². The van der Waals surface area contributed by atoms with Crippen molar-refractivity contribution in [1.29, 1.82) is 0 Å². The number of hydrogen-bond donors (Lipinski definition) is 3. The summed E-state index contributed by atoms with van der Waals surface area (Å²) in [5, 5.41) is 20.5. The average molecular weight is 288 g/mol. The zero-order valence-electron chi connectivity index (χ0n) is 11.5. The van der Waals surface area contributed by atoms with Gasteiger partial charge in [-0.25, -0.2) is 14.4 Å². The molecular formula is C12H20N2O6. The number of carboxylic acid groups (broad SMARTS) is 1. The van der Waals surface area contributed by atoms with Gasteiger partial charge in [0.1, 0.15) is 6.04 Å². The summed E-state index contributed by atoms with van der Waals surface area (Å²) in [5.41, 5.74) is 0. The van der Waals surface area contributed by atoms with Crippen molar-refractivity contribution in [3.63, 3.8) is 0 Å². The van der Waals surface area contributed by atoms with Crippen molar-refractivity contribution in [2.75, 3.05) is 13.2 Å². The van der Waals surface area contributed by atoms with Crippen LogP contribution >= 0.6 is 0 Å². The molecule has 1 aliphatic heterocycles.